The van der Waals surface area contributed by atoms with Gasteiger partial charge in [0.05, 0.1) is 5.56 Å². The molecule has 0 radical (unpaired) electrons. The molecule has 0 atom stereocenters. The Morgan fingerprint density at radius 2 is 1.89 bits per heavy atom. The third-order valence-corrected chi connectivity index (χ3v) is 3.10. The number of nitrogens with one attached hydrogen (secondary N) is 1. The number of hydrogen-bond acceptors (Lipinski definition) is 2. The zero-order chi connectivity index (χ0) is 13.3. The number of nitrogens with zero attached hydrogens (tertiary/aromatic N) is 1. The molecule has 0 saturated carbocycles. The highest BCUT2D eigenvalue weighted by Gasteiger charge is 2.31. The maximum absolute atomic E-state index is 13.2. The molecule has 0 bridgehead atoms. The monoisotopic (exact) mass is 298 g/mol. The lowest BCUT2D eigenvalue weighted by Gasteiger charge is -2.35. The summed E-state index contributed by atoms with van der Waals surface area (Å²) in [4.78, 5) is 1.92. The van der Waals surface area contributed by atoms with Gasteiger partial charge in [-0.2, -0.15) is 13.2 Å². The van der Waals surface area contributed by atoms with Crippen LogP contribution in [-0.2, 0) is 12.7 Å². The number of hydrogen-bond donors (Lipinski definition) is 1. The lowest BCUT2D eigenvalue weighted by atomic mass is 10.1. The summed E-state index contributed by atoms with van der Waals surface area (Å²) in [6.45, 7) is 1.95. The van der Waals surface area contributed by atoms with Gasteiger partial charge < -0.3 is 5.32 Å². The smallest absolute Gasteiger partial charge is 0.314 e. The maximum atomic E-state index is 13.2. The predicted octanol–water partition coefficient (Wildman–Crippen LogP) is 2.67. The van der Waals surface area contributed by atoms with E-state index in [9.17, 15) is 17.6 Å². The van der Waals surface area contributed by atoms with Crippen LogP contribution in [0.5, 0.6) is 0 Å². The van der Waals surface area contributed by atoms with E-state index in [0.717, 1.165) is 25.2 Å². The van der Waals surface area contributed by atoms with Crippen LogP contribution >= 0.6 is 12.4 Å². The first kappa shape index (κ1) is 16.2. The number of rotatable bonds is 3. The summed E-state index contributed by atoms with van der Waals surface area (Å²) < 4.78 is 50.8. The molecular weight excluding hydrogens is 284 g/mol. The Morgan fingerprint density at radius 1 is 1.26 bits per heavy atom. The Kier molecular flexibility index (Phi) is 5.18. The molecule has 0 spiro atoms. The molecule has 1 N–H and O–H groups in total. The van der Waals surface area contributed by atoms with E-state index in [-0.39, 0.29) is 12.4 Å². The van der Waals surface area contributed by atoms with Crippen LogP contribution in [-0.4, -0.2) is 31.1 Å². The van der Waals surface area contributed by atoms with Crippen LogP contribution in [0.1, 0.15) is 11.1 Å². The highest BCUT2D eigenvalue weighted by Crippen LogP contribution is 2.30. The van der Waals surface area contributed by atoms with E-state index in [1.165, 1.54) is 0 Å². The SMILES string of the molecule is CN(Cc1cc(F)cc(C(F)(F)F)c1)C1CNC1.Cl. The molecule has 1 aliphatic rings. The summed E-state index contributed by atoms with van der Waals surface area (Å²) in [7, 11) is 1.82. The third kappa shape index (κ3) is 4.06. The average Bonchev–Trinajstić information content (AvgIpc) is 2.11. The summed E-state index contributed by atoms with van der Waals surface area (Å²) >= 11 is 0. The van der Waals surface area contributed by atoms with Crippen molar-refractivity contribution in [3.05, 3.63) is 35.1 Å². The van der Waals surface area contributed by atoms with Gasteiger partial charge >= 0.3 is 6.18 Å². The van der Waals surface area contributed by atoms with E-state index >= 15 is 0 Å². The maximum Gasteiger partial charge on any atom is 0.416 e. The van der Waals surface area contributed by atoms with Crippen LogP contribution in [0.25, 0.3) is 0 Å². The molecule has 0 amide bonds. The van der Waals surface area contributed by atoms with Gasteiger partial charge in [0.15, 0.2) is 0 Å². The second-order valence-corrected chi connectivity index (χ2v) is 4.57. The van der Waals surface area contributed by atoms with Gasteiger partial charge in [-0.3, -0.25) is 4.90 Å². The van der Waals surface area contributed by atoms with Crippen molar-refractivity contribution in [2.75, 3.05) is 20.1 Å². The quantitative estimate of drug-likeness (QED) is 0.863. The molecule has 1 heterocycles. The summed E-state index contributed by atoms with van der Waals surface area (Å²) in [6, 6.07) is 2.99. The fourth-order valence-corrected chi connectivity index (χ4v) is 1.91. The van der Waals surface area contributed by atoms with Gasteiger partial charge in [0.1, 0.15) is 5.82 Å². The van der Waals surface area contributed by atoms with Crippen LogP contribution in [0, 0.1) is 5.82 Å². The molecule has 1 saturated heterocycles. The van der Waals surface area contributed by atoms with E-state index in [2.05, 4.69) is 5.32 Å². The Hall–Kier alpha value is -0.850. The van der Waals surface area contributed by atoms with Gasteiger partial charge in [-0.05, 0) is 30.8 Å². The fraction of sp³-hybridized carbons (Fsp3) is 0.500. The normalized spacial score (nSPS) is 16.1. The molecule has 2 rings (SSSR count). The topological polar surface area (TPSA) is 15.3 Å². The van der Waals surface area contributed by atoms with Crippen molar-refractivity contribution in [3.63, 3.8) is 0 Å². The van der Waals surface area contributed by atoms with E-state index in [1.807, 2.05) is 11.9 Å². The van der Waals surface area contributed by atoms with Crippen LogP contribution in [0.2, 0.25) is 0 Å². The minimum absolute atomic E-state index is 0. The second kappa shape index (κ2) is 6.07. The van der Waals surface area contributed by atoms with Crippen molar-refractivity contribution in [2.24, 2.45) is 0 Å². The van der Waals surface area contributed by atoms with Crippen molar-refractivity contribution in [3.8, 4) is 0 Å². The van der Waals surface area contributed by atoms with Gasteiger partial charge in [0, 0.05) is 25.7 Å². The molecule has 2 nitrogen and oxygen atoms in total. The predicted molar refractivity (Wildman–Crippen MR) is 66.8 cm³/mol. The standard InChI is InChI=1S/C12H14F4N2.ClH/c1-18(11-5-17-6-11)7-8-2-9(12(14,15)16)4-10(13)3-8;/h2-4,11,17H,5-7H2,1H3;1H. The van der Waals surface area contributed by atoms with Gasteiger partial charge in [0.2, 0.25) is 0 Å². The zero-order valence-electron chi connectivity index (χ0n) is 10.3. The van der Waals surface area contributed by atoms with E-state index in [4.69, 9.17) is 0 Å². The third-order valence-electron chi connectivity index (χ3n) is 3.10. The molecule has 1 fully saturated rings. The van der Waals surface area contributed by atoms with Crippen molar-refractivity contribution in [1.29, 1.82) is 0 Å². The molecule has 0 aromatic heterocycles. The Morgan fingerprint density at radius 3 is 2.37 bits per heavy atom. The van der Waals surface area contributed by atoms with Gasteiger partial charge in [-0.1, -0.05) is 0 Å². The van der Waals surface area contributed by atoms with Crippen molar-refractivity contribution in [2.45, 2.75) is 18.8 Å². The van der Waals surface area contributed by atoms with E-state index in [1.54, 1.807) is 0 Å². The lowest BCUT2D eigenvalue weighted by molar-refractivity contribution is -0.137. The molecule has 7 heteroatoms. The van der Waals surface area contributed by atoms with Crippen molar-refractivity contribution >= 4 is 12.4 Å². The van der Waals surface area contributed by atoms with Crippen LogP contribution in [0.3, 0.4) is 0 Å². The van der Waals surface area contributed by atoms with Gasteiger partial charge in [0.25, 0.3) is 0 Å². The van der Waals surface area contributed by atoms with Crippen LogP contribution < -0.4 is 5.32 Å². The molecule has 0 unspecified atom stereocenters. The van der Waals surface area contributed by atoms with E-state index in [0.29, 0.717) is 24.2 Å². The summed E-state index contributed by atoms with van der Waals surface area (Å²) in [5.41, 5.74) is -0.589. The van der Waals surface area contributed by atoms with Crippen LogP contribution in [0.4, 0.5) is 17.6 Å². The van der Waals surface area contributed by atoms with Gasteiger partial charge in [-0.25, -0.2) is 4.39 Å². The average molecular weight is 299 g/mol. The number of likely N-dealkylation sites (N-methyl/N-ethyl adjacent to an activating group) is 1. The summed E-state index contributed by atoms with van der Waals surface area (Å²) in [5, 5.41) is 3.08. The number of benzene rings is 1. The lowest BCUT2D eigenvalue weighted by Crippen LogP contribution is -2.55. The molecule has 1 aromatic rings. The molecular formula is C12H15ClF4N2. The van der Waals surface area contributed by atoms with Crippen molar-refractivity contribution in [1.82, 2.24) is 10.2 Å². The largest absolute Gasteiger partial charge is 0.416 e. The molecule has 108 valence electrons. The molecule has 0 aliphatic carbocycles. The summed E-state index contributed by atoms with van der Waals surface area (Å²) in [6.07, 6.45) is -4.51. The zero-order valence-corrected chi connectivity index (χ0v) is 11.1. The van der Waals surface area contributed by atoms with Crippen LogP contribution in [0.15, 0.2) is 18.2 Å². The Bertz CT molecular complexity index is 432. The minimum Gasteiger partial charge on any atom is -0.314 e. The Balaban J connectivity index is 0.00000180. The first-order chi connectivity index (χ1) is 8.36. The minimum atomic E-state index is -4.51. The molecule has 1 aliphatic heterocycles. The first-order valence-corrected chi connectivity index (χ1v) is 5.64. The first-order valence-electron chi connectivity index (χ1n) is 5.64. The summed E-state index contributed by atoms with van der Waals surface area (Å²) in [5.74, 6) is -0.847. The van der Waals surface area contributed by atoms with E-state index < -0.39 is 17.6 Å². The number of halogens is 5. The number of alkyl halides is 3. The Labute approximate surface area is 115 Å². The highest BCUT2D eigenvalue weighted by atomic mass is 35.5. The molecule has 19 heavy (non-hydrogen) atoms. The second-order valence-electron chi connectivity index (χ2n) is 4.57. The van der Waals surface area contributed by atoms with Crippen molar-refractivity contribution < 1.29 is 17.6 Å². The molecule has 1 aromatic carbocycles. The highest BCUT2D eigenvalue weighted by molar-refractivity contribution is 5.85. The van der Waals surface area contributed by atoms with Gasteiger partial charge in [-0.15, -0.1) is 12.4 Å². The fourth-order valence-electron chi connectivity index (χ4n) is 1.91.